The van der Waals surface area contributed by atoms with Crippen molar-refractivity contribution in [2.45, 2.75) is 13.0 Å². The number of aromatic nitrogens is 1. The van der Waals surface area contributed by atoms with Gasteiger partial charge in [0.25, 0.3) is 0 Å². The first-order chi connectivity index (χ1) is 10.7. The quantitative estimate of drug-likeness (QED) is 0.408. The Morgan fingerprint density at radius 3 is 2.74 bits per heavy atom. The van der Waals surface area contributed by atoms with E-state index >= 15 is 0 Å². The summed E-state index contributed by atoms with van der Waals surface area (Å²) in [4.78, 5) is 12.1. The second-order valence-corrected chi connectivity index (χ2v) is 6.09. The zero-order valence-electron chi connectivity index (χ0n) is 13.7. The third-order valence-electron chi connectivity index (χ3n) is 3.20. The number of anilines is 1. The van der Waals surface area contributed by atoms with E-state index in [-0.39, 0.29) is 24.0 Å². The average Bonchev–Trinajstić information content (AvgIpc) is 3.04. The minimum Gasteiger partial charge on any atom is -0.362 e. The largest absolute Gasteiger partial charge is 0.362 e. The van der Waals surface area contributed by atoms with E-state index in [1.807, 2.05) is 31.3 Å². The molecule has 0 saturated carbocycles. The fraction of sp³-hybridized carbons (Fsp3) is 0.375. The van der Waals surface area contributed by atoms with Gasteiger partial charge >= 0.3 is 0 Å². The van der Waals surface area contributed by atoms with E-state index in [0.717, 1.165) is 30.3 Å². The van der Waals surface area contributed by atoms with E-state index in [1.54, 1.807) is 18.4 Å². The lowest BCUT2D eigenvalue weighted by molar-refractivity contribution is 0.795. The van der Waals surface area contributed by atoms with Crippen molar-refractivity contribution in [1.82, 2.24) is 15.6 Å². The van der Waals surface area contributed by atoms with Gasteiger partial charge in [-0.25, -0.2) is 4.98 Å². The van der Waals surface area contributed by atoms with E-state index in [2.05, 4.69) is 44.2 Å². The number of guanidine groups is 1. The number of halogens is 1. The number of hydrogen-bond donors (Lipinski definition) is 2. The Hall–Kier alpha value is -1.35. The summed E-state index contributed by atoms with van der Waals surface area (Å²) in [5.74, 6) is 1.79. The molecular weight excluding hydrogens is 421 g/mol. The first kappa shape index (κ1) is 19.7. The van der Waals surface area contributed by atoms with E-state index in [1.165, 1.54) is 4.88 Å². The van der Waals surface area contributed by atoms with Crippen molar-refractivity contribution in [3.05, 3.63) is 46.3 Å². The molecule has 0 aliphatic rings. The zero-order chi connectivity index (χ0) is 15.8. The zero-order valence-corrected chi connectivity index (χ0v) is 16.9. The molecule has 0 radical (unpaired) electrons. The number of nitrogens with one attached hydrogen (secondary N) is 2. The van der Waals surface area contributed by atoms with Crippen LogP contribution in [0.5, 0.6) is 0 Å². The van der Waals surface area contributed by atoms with E-state index in [4.69, 9.17) is 0 Å². The summed E-state index contributed by atoms with van der Waals surface area (Å²) in [5, 5.41) is 8.78. The van der Waals surface area contributed by atoms with Crippen LogP contribution in [0.3, 0.4) is 0 Å². The summed E-state index contributed by atoms with van der Waals surface area (Å²) < 4.78 is 0. The summed E-state index contributed by atoms with van der Waals surface area (Å²) in [6.07, 6.45) is 2.82. The lowest BCUT2D eigenvalue weighted by atomic mass is 10.2. The average molecular weight is 445 g/mol. The minimum atomic E-state index is 0. The topological polar surface area (TPSA) is 52.6 Å². The summed E-state index contributed by atoms with van der Waals surface area (Å²) in [6.45, 7) is 1.56. The van der Waals surface area contributed by atoms with Crippen molar-refractivity contribution in [2.75, 3.05) is 32.6 Å². The maximum atomic E-state index is 4.40. The van der Waals surface area contributed by atoms with Gasteiger partial charge in [0.15, 0.2) is 5.96 Å². The monoisotopic (exact) mass is 445 g/mol. The highest BCUT2D eigenvalue weighted by Gasteiger charge is 2.06. The van der Waals surface area contributed by atoms with Gasteiger partial charge in [-0.1, -0.05) is 12.1 Å². The Kier molecular flexibility index (Phi) is 8.93. The molecule has 2 rings (SSSR count). The SMILES string of the molecule is CN=C(NCCc1cccs1)NCc1cccnc1N(C)C.I. The van der Waals surface area contributed by atoms with Crippen LogP contribution in [0.15, 0.2) is 40.8 Å². The summed E-state index contributed by atoms with van der Waals surface area (Å²) in [7, 11) is 5.79. The second kappa shape index (κ2) is 10.4. The second-order valence-electron chi connectivity index (χ2n) is 5.06. The highest BCUT2D eigenvalue weighted by atomic mass is 127. The maximum absolute atomic E-state index is 4.40. The smallest absolute Gasteiger partial charge is 0.191 e. The molecule has 0 aliphatic heterocycles. The molecule has 0 spiro atoms. The lowest BCUT2D eigenvalue weighted by Crippen LogP contribution is -2.38. The third kappa shape index (κ3) is 6.34. The number of hydrogen-bond acceptors (Lipinski definition) is 4. The van der Waals surface area contributed by atoms with Gasteiger partial charge in [-0.2, -0.15) is 0 Å². The molecule has 0 fully saturated rings. The summed E-state index contributed by atoms with van der Waals surface area (Å²) in [5.41, 5.74) is 1.15. The molecule has 0 saturated heterocycles. The van der Waals surface area contributed by atoms with Crippen LogP contribution in [0.1, 0.15) is 10.4 Å². The molecule has 2 N–H and O–H groups in total. The fourth-order valence-electron chi connectivity index (χ4n) is 2.13. The van der Waals surface area contributed by atoms with Crippen LogP contribution in [0.25, 0.3) is 0 Å². The normalized spacial score (nSPS) is 10.8. The maximum Gasteiger partial charge on any atom is 0.191 e. The first-order valence-electron chi connectivity index (χ1n) is 7.29. The van der Waals surface area contributed by atoms with Crippen LogP contribution in [0.2, 0.25) is 0 Å². The highest BCUT2D eigenvalue weighted by Crippen LogP contribution is 2.13. The Balaban J connectivity index is 0.00000264. The molecule has 2 aromatic heterocycles. The number of aliphatic imine (C=N–C) groups is 1. The molecule has 0 amide bonds. The van der Waals surface area contributed by atoms with Crippen molar-refractivity contribution in [1.29, 1.82) is 0 Å². The fourth-order valence-corrected chi connectivity index (χ4v) is 2.84. The Bertz CT molecular complexity index is 598. The highest BCUT2D eigenvalue weighted by molar-refractivity contribution is 14.0. The van der Waals surface area contributed by atoms with Gasteiger partial charge < -0.3 is 15.5 Å². The third-order valence-corrected chi connectivity index (χ3v) is 4.14. The summed E-state index contributed by atoms with van der Waals surface area (Å²) in [6, 6.07) is 8.27. The molecule has 5 nitrogen and oxygen atoms in total. The number of thiophene rings is 1. The molecule has 0 aromatic carbocycles. The molecule has 2 heterocycles. The predicted molar refractivity (Wildman–Crippen MR) is 110 cm³/mol. The van der Waals surface area contributed by atoms with Crippen LogP contribution in [0, 0.1) is 0 Å². The minimum absolute atomic E-state index is 0. The van der Waals surface area contributed by atoms with Crippen LogP contribution in [0.4, 0.5) is 5.82 Å². The van der Waals surface area contributed by atoms with Gasteiger partial charge in [-0.3, -0.25) is 4.99 Å². The molecule has 0 aliphatic carbocycles. The first-order valence-corrected chi connectivity index (χ1v) is 8.17. The van der Waals surface area contributed by atoms with E-state index in [9.17, 15) is 0 Å². The molecule has 7 heteroatoms. The molecule has 23 heavy (non-hydrogen) atoms. The van der Waals surface area contributed by atoms with Crippen LogP contribution in [-0.2, 0) is 13.0 Å². The number of nitrogens with zero attached hydrogens (tertiary/aromatic N) is 3. The van der Waals surface area contributed by atoms with Gasteiger partial charge in [0.1, 0.15) is 5.82 Å². The summed E-state index contributed by atoms with van der Waals surface area (Å²) >= 11 is 1.78. The van der Waals surface area contributed by atoms with Crippen molar-refractivity contribution < 1.29 is 0 Å². The molecular formula is C16H24IN5S. The van der Waals surface area contributed by atoms with Gasteiger partial charge in [0, 0.05) is 50.9 Å². The van der Waals surface area contributed by atoms with Crippen molar-refractivity contribution >= 4 is 47.1 Å². The Morgan fingerprint density at radius 2 is 2.09 bits per heavy atom. The van der Waals surface area contributed by atoms with Crippen LogP contribution < -0.4 is 15.5 Å². The molecule has 0 bridgehead atoms. The van der Waals surface area contributed by atoms with Gasteiger partial charge in [0.2, 0.25) is 0 Å². The van der Waals surface area contributed by atoms with Gasteiger partial charge in [-0.15, -0.1) is 35.3 Å². The van der Waals surface area contributed by atoms with Crippen LogP contribution >= 0.6 is 35.3 Å². The van der Waals surface area contributed by atoms with Crippen molar-refractivity contribution in [3.8, 4) is 0 Å². The standard InChI is InChI=1S/C16H23N5S.HI/c1-17-16(19-10-8-14-7-5-11-22-14)20-12-13-6-4-9-18-15(13)21(2)3;/h4-7,9,11H,8,10,12H2,1-3H3,(H2,17,19,20);1H. The molecule has 2 aromatic rings. The molecule has 0 unspecified atom stereocenters. The Labute approximate surface area is 159 Å². The Morgan fingerprint density at radius 1 is 1.26 bits per heavy atom. The van der Waals surface area contributed by atoms with Crippen LogP contribution in [-0.4, -0.2) is 38.6 Å². The van der Waals surface area contributed by atoms with Gasteiger partial charge in [0.05, 0.1) is 0 Å². The van der Waals surface area contributed by atoms with Crippen molar-refractivity contribution in [3.63, 3.8) is 0 Å². The predicted octanol–water partition coefficient (Wildman–Crippen LogP) is 2.73. The lowest BCUT2D eigenvalue weighted by Gasteiger charge is -2.17. The number of pyridine rings is 1. The number of rotatable bonds is 6. The van der Waals surface area contributed by atoms with E-state index in [0.29, 0.717) is 6.54 Å². The van der Waals surface area contributed by atoms with E-state index < -0.39 is 0 Å². The molecule has 126 valence electrons. The van der Waals surface area contributed by atoms with Gasteiger partial charge in [-0.05, 0) is 23.9 Å². The van der Waals surface area contributed by atoms with Crippen molar-refractivity contribution in [2.24, 2.45) is 4.99 Å². The molecule has 0 atom stereocenters.